The third-order valence-electron chi connectivity index (χ3n) is 2.53. The number of halogens is 1. The molecular weight excluding hydrogens is 316 g/mol. The molecule has 0 amide bonds. The predicted octanol–water partition coefficient (Wildman–Crippen LogP) is 4.29. The lowest BCUT2D eigenvalue weighted by Crippen LogP contribution is -1.92. The quantitative estimate of drug-likeness (QED) is 0.670. The van der Waals surface area contributed by atoms with Crippen molar-refractivity contribution in [1.29, 1.82) is 0 Å². The third kappa shape index (κ3) is 2.59. The molecule has 0 N–H and O–H groups in total. The number of aromatic nitrogens is 2. The Morgan fingerprint density at radius 2 is 2.20 bits per heavy atom. The molecule has 2 heterocycles. The van der Waals surface area contributed by atoms with Crippen LogP contribution in [-0.4, -0.2) is 21.7 Å². The normalized spacial score (nSPS) is 11.1. The zero-order valence-corrected chi connectivity index (χ0v) is 12.8. The fourth-order valence-corrected chi connectivity index (χ4v) is 3.67. The molecule has 2 aromatic heterocycles. The van der Waals surface area contributed by atoms with E-state index in [2.05, 4.69) is 10.2 Å². The highest BCUT2D eigenvalue weighted by atomic mass is 35.5. The number of hydrogen-bond donors (Lipinski definition) is 0. The highest BCUT2D eigenvalue weighted by molar-refractivity contribution is 7.99. The van der Waals surface area contributed by atoms with Crippen LogP contribution in [0, 0.1) is 0 Å². The van der Waals surface area contributed by atoms with Gasteiger partial charge in [-0.2, -0.15) is 0 Å². The lowest BCUT2D eigenvalue weighted by molar-refractivity contribution is -0.114. The second-order valence-electron chi connectivity index (χ2n) is 4.11. The molecule has 0 radical (unpaired) electrons. The van der Waals surface area contributed by atoms with Crippen molar-refractivity contribution in [2.45, 2.75) is 12.1 Å². The summed E-state index contributed by atoms with van der Waals surface area (Å²) in [5.41, 5.74) is 0. The maximum absolute atomic E-state index is 10.9. The van der Waals surface area contributed by atoms with E-state index in [1.165, 1.54) is 30.0 Å². The van der Waals surface area contributed by atoms with Crippen LogP contribution in [-0.2, 0) is 4.79 Å². The third-order valence-corrected chi connectivity index (χ3v) is 5.16. The van der Waals surface area contributed by atoms with Crippen LogP contribution >= 0.6 is 34.7 Å². The minimum Gasteiger partial charge on any atom is -0.410 e. The van der Waals surface area contributed by atoms with Gasteiger partial charge < -0.3 is 4.42 Å². The van der Waals surface area contributed by atoms with Crippen LogP contribution in [0.1, 0.15) is 6.92 Å². The largest absolute Gasteiger partial charge is 0.410 e. The maximum atomic E-state index is 10.9. The first-order valence-corrected chi connectivity index (χ1v) is 7.96. The molecule has 102 valence electrons. The summed E-state index contributed by atoms with van der Waals surface area (Å²) in [6.45, 7) is 1.52. The second-order valence-corrected chi connectivity index (χ2v) is 6.46. The van der Waals surface area contributed by atoms with Gasteiger partial charge in [-0.05, 0) is 13.0 Å². The van der Waals surface area contributed by atoms with Gasteiger partial charge in [0.2, 0.25) is 0 Å². The van der Waals surface area contributed by atoms with Gasteiger partial charge in [0, 0.05) is 10.1 Å². The van der Waals surface area contributed by atoms with Crippen molar-refractivity contribution in [2.75, 3.05) is 5.75 Å². The molecule has 0 spiro atoms. The molecule has 0 saturated heterocycles. The number of Topliss-reactive ketones (excluding diaryl/α,β-unsaturated/α-hetero) is 1. The molecule has 0 unspecified atom stereocenters. The number of rotatable bonds is 4. The molecule has 20 heavy (non-hydrogen) atoms. The molecule has 7 heteroatoms. The predicted molar refractivity (Wildman–Crippen MR) is 81.5 cm³/mol. The van der Waals surface area contributed by atoms with E-state index in [0.717, 1.165) is 15.0 Å². The van der Waals surface area contributed by atoms with Gasteiger partial charge in [-0.3, -0.25) is 4.79 Å². The Hall–Kier alpha value is -1.37. The Balaban J connectivity index is 1.95. The molecule has 1 aromatic carbocycles. The van der Waals surface area contributed by atoms with Crippen LogP contribution in [0.5, 0.6) is 0 Å². The standard InChI is InChI=1S/C13H9ClN2O2S2/c1-7(17)6-19-13-16-15-12(18-13)11-10(14)8-4-2-3-5-9(8)20-11/h2-5H,6H2,1H3. The van der Waals surface area contributed by atoms with E-state index in [9.17, 15) is 4.79 Å². The van der Waals surface area contributed by atoms with E-state index in [1.54, 1.807) is 0 Å². The Labute approximate surface area is 128 Å². The van der Waals surface area contributed by atoms with Gasteiger partial charge in [0.05, 0.1) is 10.8 Å². The molecule has 3 rings (SSSR count). The smallest absolute Gasteiger partial charge is 0.277 e. The van der Waals surface area contributed by atoms with Gasteiger partial charge in [-0.1, -0.05) is 41.6 Å². The first-order valence-electron chi connectivity index (χ1n) is 5.78. The summed E-state index contributed by atoms with van der Waals surface area (Å²) in [6.07, 6.45) is 0. The zero-order chi connectivity index (χ0) is 14.1. The number of ketones is 1. The lowest BCUT2D eigenvalue weighted by atomic mass is 10.2. The number of thioether (sulfide) groups is 1. The summed E-state index contributed by atoms with van der Waals surface area (Å²) in [4.78, 5) is 11.7. The van der Waals surface area contributed by atoms with Crippen molar-refractivity contribution in [3.63, 3.8) is 0 Å². The van der Waals surface area contributed by atoms with Crippen LogP contribution in [0.2, 0.25) is 5.02 Å². The minimum absolute atomic E-state index is 0.0645. The molecule has 0 aliphatic heterocycles. The topological polar surface area (TPSA) is 56.0 Å². The number of hydrogen-bond acceptors (Lipinski definition) is 6. The fraction of sp³-hybridized carbons (Fsp3) is 0.154. The van der Waals surface area contributed by atoms with Crippen molar-refractivity contribution in [3.8, 4) is 10.8 Å². The Kier molecular flexibility index (Phi) is 3.78. The van der Waals surface area contributed by atoms with Crippen LogP contribution in [0.25, 0.3) is 20.9 Å². The highest BCUT2D eigenvalue weighted by Crippen LogP contribution is 2.41. The van der Waals surface area contributed by atoms with Crippen molar-refractivity contribution >= 4 is 50.6 Å². The second kappa shape index (κ2) is 5.55. The monoisotopic (exact) mass is 324 g/mol. The summed E-state index contributed by atoms with van der Waals surface area (Å²) in [5, 5.41) is 9.89. The van der Waals surface area contributed by atoms with Crippen LogP contribution in [0.3, 0.4) is 0 Å². The summed E-state index contributed by atoms with van der Waals surface area (Å²) >= 11 is 9.09. The molecule has 0 aliphatic rings. The molecular formula is C13H9ClN2O2S2. The van der Waals surface area contributed by atoms with Crippen LogP contribution in [0.4, 0.5) is 0 Å². The Morgan fingerprint density at radius 1 is 1.40 bits per heavy atom. The van der Waals surface area contributed by atoms with Gasteiger partial charge >= 0.3 is 0 Å². The summed E-state index contributed by atoms with van der Waals surface area (Å²) in [7, 11) is 0. The summed E-state index contributed by atoms with van der Waals surface area (Å²) in [5.74, 6) is 0.777. The van der Waals surface area contributed by atoms with E-state index in [4.69, 9.17) is 16.0 Å². The van der Waals surface area contributed by atoms with Crippen molar-refractivity contribution in [3.05, 3.63) is 29.3 Å². The van der Waals surface area contributed by atoms with Crippen molar-refractivity contribution < 1.29 is 9.21 Å². The number of thiophene rings is 1. The Bertz CT molecular complexity index is 782. The molecule has 3 aromatic rings. The lowest BCUT2D eigenvalue weighted by Gasteiger charge is -1.91. The zero-order valence-electron chi connectivity index (χ0n) is 10.4. The van der Waals surface area contributed by atoms with Crippen LogP contribution < -0.4 is 0 Å². The first-order chi connectivity index (χ1) is 9.65. The van der Waals surface area contributed by atoms with E-state index in [-0.39, 0.29) is 5.78 Å². The summed E-state index contributed by atoms with van der Waals surface area (Å²) < 4.78 is 6.62. The first kappa shape index (κ1) is 13.6. The van der Waals surface area contributed by atoms with Gasteiger partial charge in [0.15, 0.2) is 0 Å². The van der Waals surface area contributed by atoms with E-state index >= 15 is 0 Å². The van der Waals surface area contributed by atoms with Gasteiger partial charge in [0.1, 0.15) is 10.7 Å². The minimum atomic E-state index is 0.0645. The SMILES string of the molecule is CC(=O)CSc1nnc(-c2sc3ccccc3c2Cl)o1. The molecule has 0 aliphatic carbocycles. The average molecular weight is 325 g/mol. The van der Waals surface area contributed by atoms with Gasteiger partial charge in [0.25, 0.3) is 11.1 Å². The molecule has 0 fully saturated rings. The number of carbonyl (C=O) groups is 1. The fourth-order valence-electron chi connectivity index (χ4n) is 1.67. The molecule has 0 atom stereocenters. The summed E-state index contributed by atoms with van der Waals surface area (Å²) in [6, 6.07) is 7.85. The Morgan fingerprint density at radius 3 is 2.95 bits per heavy atom. The van der Waals surface area contributed by atoms with Crippen molar-refractivity contribution in [2.24, 2.45) is 0 Å². The van der Waals surface area contributed by atoms with E-state index in [1.807, 2.05) is 24.3 Å². The van der Waals surface area contributed by atoms with Gasteiger partial charge in [-0.25, -0.2) is 0 Å². The number of nitrogens with zero attached hydrogens (tertiary/aromatic N) is 2. The van der Waals surface area contributed by atoms with E-state index in [0.29, 0.717) is 21.9 Å². The number of fused-ring (bicyclic) bond motifs is 1. The maximum Gasteiger partial charge on any atom is 0.277 e. The number of carbonyl (C=O) groups excluding carboxylic acids is 1. The average Bonchev–Trinajstić information content (AvgIpc) is 3.02. The number of benzene rings is 1. The molecule has 0 saturated carbocycles. The molecule has 4 nitrogen and oxygen atoms in total. The van der Waals surface area contributed by atoms with Crippen molar-refractivity contribution in [1.82, 2.24) is 10.2 Å². The molecule has 0 bridgehead atoms. The van der Waals surface area contributed by atoms with Gasteiger partial charge in [-0.15, -0.1) is 21.5 Å². The van der Waals surface area contributed by atoms with E-state index < -0.39 is 0 Å². The highest BCUT2D eigenvalue weighted by Gasteiger charge is 2.17. The van der Waals surface area contributed by atoms with Crippen LogP contribution in [0.15, 0.2) is 33.9 Å².